The molecule has 1 unspecified atom stereocenters. The van der Waals surface area contributed by atoms with Crippen LogP contribution in [0.4, 0.5) is 0 Å². The third kappa shape index (κ3) is 3.75. The van der Waals surface area contributed by atoms with Crippen molar-refractivity contribution in [2.24, 2.45) is 11.7 Å². The van der Waals surface area contributed by atoms with Gasteiger partial charge in [-0.3, -0.25) is 4.79 Å². The second-order valence-corrected chi connectivity index (χ2v) is 4.29. The fourth-order valence-electron chi connectivity index (χ4n) is 1.51. The van der Waals surface area contributed by atoms with Crippen molar-refractivity contribution in [3.8, 4) is 5.75 Å². The zero-order chi connectivity index (χ0) is 12.8. The Hall–Kier alpha value is -1.55. The summed E-state index contributed by atoms with van der Waals surface area (Å²) in [7, 11) is 1.58. The van der Waals surface area contributed by atoms with Crippen LogP contribution >= 0.6 is 0 Å². The van der Waals surface area contributed by atoms with E-state index >= 15 is 0 Å². The number of rotatable bonds is 5. The number of hydrogen-bond acceptors (Lipinski definition) is 3. The van der Waals surface area contributed by atoms with Gasteiger partial charge in [0, 0.05) is 18.2 Å². The van der Waals surface area contributed by atoms with Crippen molar-refractivity contribution in [3.05, 3.63) is 29.8 Å². The highest BCUT2D eigenvalue weighted by atomic mass is 16.5. The molecule has 0 radical (unpaired) electrons. The van der Waals surface area contributed by atoms with Gasteiger partial charge in [-0.2, -0.15) is 0 Å². The molecule has 0 spiro atoms. The first-order chi connectivity index (χ1) is 8.08. The van der Waals surface area contributed by atoms with E-state index in [0.29, 0.717) is 23.8 Å². The highest BCUT2D eigenvalue weighted by Gasteiger charge is 2.15. The molecular weight excluding hydrogens is 216 g/mol. The number of hydrogen-bond donors (Lipinski definition) is 2. The Morgan fingerprint density at radius 3 is 2.71 bits per heavy atom. The summed E-state index contributed by atoms with van der Waals surface area (Å²) < 4.78 is 5.08. The van der Waals surface area contributed by atoms with Crippen LogP contribution in [-0.4, -0.2) is 25.6 Å². The molecule has 17 heavy (non-hydrogen) atoms. The van der Waals surface area contributed by atoms with Crippen LogP contribution in [0.15, 0.2) is 24.3 Å². The van der Waals surface area contributed by atoms with Crippen molar-refractivity contribution in [1.29, 1.82) is 0 Å². The number of benzene rings is 1. The van der Waals surface area contributed by atoms with Crippen molar-refractivity contribution < 1.29 is 9.53 Å². The summed E-state index contributed by atoms with van der Waals surface area (Å²) in [6, 6.07) is 7.06. The lowest BCUT2D eigenvalue weighted by Crippen LogP contribution is -2.43. The van der Waals surface area contributed by atoms with Crippen LogP contribution in [-0.2, 0) is 0 Å². The molecule has 0 aliphatic carbocycles. The van der Waals surface area contributed by atoms with Gasteiger partial charge in [-0.1, -0.05) is 19.9 Å². The molecule has 0 saturated carbocycles. The summed E-state index contributed by atoms with van der Waals surface area (Å²) in [5, 5.41) is 2.91. The number of ether oxygens (including phenoxy) is 1. The predicted molar refractivity (Wildman–Crippen MR) is 68.1 cm³/mol. The molecule has 0 bridgehead atoms. The number of nitrogens with one attached hydrogen (secondary N) is 1. The Bertz CT molecular complexity index is 377. The zero-order valence-electron chi connectivity index (χ0n) is 10.6. The van der Waals surface area contributed by atoms with E-state index in [0.717, 1.165) is 0 Å². The maximum atomic E-state index is 12.0. The van der Waals surface area contributed by atoms with Crippen LogP contribution in [0.5, 0.6) is 5.75 Å². The lowest BCUT2D eigenvalue weighted by molar-refractivity contribution is 0.0927. The van der Waals surface area contributed by atoms with Crippen LogP contribution in [0.1, 0.15) is 24.2 Å². The highest BCUT2D eigenvalue weighted by Crippen LogP contribution is 2.13. The molecule has 1 rings (SSSR count). The van der Waals surface area contributed by atoms with Crippen molar-refractivity contribution >= 4 is 5.91 Å². The summed E-state index contributed by atoms with van der Waals surface area (Å²) in [6.45, 7) is 4.50. The van der Waals surface area contributed by atoms with Crippen LogP contribution in [0, 0.1) is 5.92 Å². The van der Waals surface area contributed by atoms with Crippen molar-refractivity contribution in [1.82, 2.24) is 5.32 Å². The molecule has 0 saturated heterocycles. The molecule has 1 amide bonds. The van der Waals surface area contributed by atoms with Gasteiger partial charge in [0.25, 0.3) is 5.91 Å². The van der Waals surface area contributed by atoms with E-state index in [2.05, 4.69) is 5.32 Å². The Labute approximate surface area is 102 Å². The monoisotopic (exact) mass is 236 g/mol. The molecule has 1 atom stereocenters. The normalized spacial score (nSPS) is 12.3. The second kappa shape index (κ2) is 6.25. The molecule has 94 valence electrons. The quantitative estimate of drug-likeness (QED) is 0.812. The van der Waals surface area contributed by atoms with Crippen LogP contribution < -0.4 is 15.8 Å². The fourth-order valence-corrected chi connectivity index (χ4v) is 1.51. The van der Waals surface area contributed by atoms with Crippen molar-refractivity contribution in [3.63, 3.8) is 0 Å². The SMILES string of the molecule is COc1cccc(C(=O)NC(CN)C(C)C)c1. The average Bonchev–Trinajstić information content (AvgIpc) is 2.35. The molecule has 0 heterocycles. The first-order valence-electron chi connectivity index (χ1n) is 5.73. The summed E-state index contributed by atoms with van der Waals surface area (Å²) >= 11 is 0. The van der Waals surface area contributed by atoms with Gasteiger partial charge in [0.1, 0.15) is 5.75 Å². The number of nitrogens with two attached hydrogens (primary N) is 1. The molecule has 0 aliphatic rings. The molecule has 0 aliphatic heterocycles. The molecule has 1 aromatic rings. The number of carbonyl (C=O) groups is 1. The number of carbonyl (C=O) groups excluding carboxylic acids is 1. The molecule has 3 N–H and O–H groups in total. The molecule has 4 heteroatoms. The van der Waals surface area contributed by atoms with E-state index < -0.39 is 0 Å². The summed E-state index contributed by atoms with van der Waals surface area (Å²) in [4.78, 5) is 12.0. The third-order valence-corrected chi connectivity index (χ3v) is 2.71. The van der Waals surface area contributed by atoms with E-state index in [1.165, 1.54) is 0 Å². The van der Waals surface area contributed by atoms with Gasteiger partial charge in [-0.05, 0) is 24.1 Å². The van der Waals surface area contributed by atoms with Gasteiger partial charge in [0.15, 0.2) is 0 Å². The lowest BCUT2D eigenvalue weighted by Gasteiger charge is -2.20. The summed E-state index contributed by atoms with van der Waals surface area (Å²) in [5.41, 5.74) is 6.20. The Morgan fingerprint density at radius 2 is 2.18 bits per heavy atom. The topological polar surface area (TPSA) is 64.3 Å². The average molecular weight is 236 g/mol. The van der Waals surface area contributed by atoms with Gasteiger partial charge >= 0.3 is 0 Å². The first kappa shape index (κ1) is 13.5. The van der Waals surface area contributed by atoms with Crippen molar-refractivity contribution in [2.45, 2.75) is 19.9 Å². The minimum atomic E-state index is -0.118. The van der Waals surface area contributed by atoms with E-state index in [-0.39, 0.29) is 11.9 Å². The molecular formula is C13H20N2O2. The van der Waals surface area contributed by atoms with Gasteiger partial charge < -0.3 is 15.8 Å². The molecule has 1 aromatic carbocycles. The minimum Gasteiger partial charge on any atom is -0.497 e. The number of amides is 1. The third-order valence-electron chi connectivity index (χ3n) is 2.71. The van der Waals surface area contributed by atoms with E-state index in [4.69, 9.17) is 10.5 Å². The Balaban J connectivity index is 2.75. The highest BCUT2D eigenvalue weighted by molar-refractivity contribution is 5.94. The summed E-state index contributed by atoms with van der Waals surface area (Å²) in [5.74, 6) is 0.870. The maximum absolute atomic E-state index is 12.0. The summed E-state index contributed by atoms with van der Waals surface area (Å²) in [6.07, 6.45) is 0. The zero-order valence-corrected chi connectivity index (χ0v) is 10.6. The fraction of sp³-hybridized carbons (Fsp3) is 0.462. The van der Waals surface area contributed by atoms with E-state index in [1.54, 1.807) is 31.4 Å². The molecule has 0 aromatic heterocycles. The van der Waals surface area contributed by atoms with Crippen LogP contribution in [0.3, 0.4) is 0 Å². The number of methoxy groups -OCH3 is 1. The van der Waals surface area contributed by atoms with Gasteiger partial charge in [0.05, 0.1) is 7.11 Å². The predicted octanol–water partition coefficient (Wildman–Crippen LogP) is 1.41. The van der Waals surface area contributed by atoms with Crippen molar-refractivity contribution in [2.75, 3.05) is 13.7 Å². The smallest absolute Gasteiger partial charge is 0.251 e. The molecule has 0 fully saturated rings. The first-order valence-corrected chi connectivity index (χ1v) is 5.73. The standard InChI is InChI=1S/C13H20N2O2/c1-9(2)12(8-14)15-13(16)10-5-4-6-11(7-10)17-3/h4-7,9,12H,8,14H2,1-3H3,(H,15,16). The van der Waals surface area contributed by atoms with Gasteiger partial charge in [-0.15, -0.1) is 0 Å². The Kier molecular flexibility index (Phi) is 4.97. The Morgan fingerprint density at radius 1 is 1.47 bits per heavy atom. The molecule has 4 nitrogen and oxygen atoms in total. The second-order valence-electron chi connectivity index (χ2n) is 4.29. The van der Waals surface area contributed by atoms with E-state index in [9.17, 15) is 4.79 Å². The van der Waals surface area contributed by atoms with Gasteiger partial charge in [-0.25, -0.2) is 0 Å². The largest absolute Gasteiger partial charge is 0.497 e. The van der Waals surface area contributed by atoms with Crippen LogP contribution in [0.25, 0.3) is 0 Å². The van der Waals surface area contributed by atoms with E-state index in [1.807, 2.05) is 13.8 Å². The lowest BCUT2D eigenvalue weighted by atomic mass is 10.0. The van der Waals surface area contributed by atoms with Gasteiger partial charge in [0.2, 0.25) is 0 Å². The minimum absolute atomic E-state index is 0.00583. The van der Waals surface area contributed by atoms with Crippen LogP contribution in [0.2, 0.25) is 0 Å². The maximum Gasteiger partial charge on any atom is 0.251 e.